The molecule has 5 nitrogen and oxygen atoms in total. The van der Waals surface area contributed by atoms with Crippen molar-refractivity contribution >= 4 is 11.8 Å². The molecule has 0 radical (unpaired) electrons. The van der Waals surface area contributed by atoms with E-state index in [1.165, 1.54) is 0 Å². The van der Waals surface area contributed by atoms with E-state index in [-0.39, 0.29) is 23.8 Å². The molecule has 116 valence electrons. The molecule has 1 N–H and O–H groups in total. The maximum Gasteiger partial charge on any atom is 0.245 e. The van der Waals surface area contributed by atoms with Crippen LogP contribution in [-0.2, 0) is 14.3 Å². The number of hydrogen-bond acceptors (Lipinski definition) is 3. The lowest BCUT2D eigenvalue weighted by Crippen LogP contribution is -2.64. The summed E-state index contributed by atoms with van der Waals surface area (Å²) in [7, 11) is 0. The van der Waals surface area contributed by atoms with Crippen molar-refractivity contribution in [2.75, 3.05) is 19.8 Å². The standard InChI is InChI=1S/C15H28N2O3/c1-10(2)6-8-20-9-7-17-13(11(3)4)14(18)16-12(5)15(17)19/h10-13H,6-9H2,1-5H3,(H,16,18). The molecule has 2 unspecified atom stereocenters. The maximum absolute atomic E-state index is 12.2. The smallest absolute Gasteiger partial charge is 0.245 e. The highest BCUT2D eigenvalue weighted by atomic mass is 16.5. The molecular formula is C15H28N2O3. The van der Waals surface area contributed by atoms with Crippen LogP contribution < -0.4 is 5.32 Å². The average Bonchev–Trinajstić information content (AvgIpc) is 2.33. The highest BCUT2D eigenvalue weighted by Gasteiger charge is 2.39. The van der Waals surface area contributed by atoms with Crippen LogP contribution in [0.3, 0.4) is 0 Å². The van der Waals surface area contributed by atoms with Gasteiger partial charge in [-0.05, 0) is 25.2 Å². The van der Waals surface area contributed by atoms with Crippen molar-refractivity contribution in [3.8, 4) is 0 Å². The van der Waals surface area contributed by atoms with Gasteiger partial charge in [0, 0.05) is 13.2 Å². The first-order chi connectivity index (χ1) is 9.34. The van der Waals surface area contributed by atoms with Gasteiger partial charge in [0.1, 0.15) is 12.1 Å². The summed E-state index contributed by atoms with van der Waals surface area (Å²) in [5, 5.41) is 2.74. The molecule has 1 fully saturated rings. The number of piperazine rings is 1. The molecule has 0 aliphatic carbocycles. The second-order valence-electron chi connectivity index (χ2n) is 6.25. The molecule has 0 spiro atoms. The van der Waals surface area contributed by atoms with Crippen LogP contribution in [0.25, 0.3) is 0 Å². The monoisotopic (exact) mass is 284 g/mol. The molecule has 1 saturated heterocycles. The van der Waals surface area contributed by atoms with Crippen LogP contribution >= 0.6 is 0 Å². The molecule has 2 amide bonds. The molecule has 1 aliphatic heterocycles. The molecular weight excluding hydrogens is 256 g/mol. The summed E-state index contributed by atoms with van der Waals surface area (Å²) < 4.78 is 5.57. The Morgan fingerprint density at radius 3 is 2.40 bits per heavy atom. The topological polar surface area (TPSA) is 58.6 Å². The van der Waals surface area contributed by atoms with E-state index >= 15 is 0 Å². The molecule has 1 rings (SSSR count). The SMILES string of the molecule is CC(C)CCOCCN1C(=O)C(C)NC(=O)C1C(C)C. The summed E-state index contributed by atoms with van der Waals surface area (Å²) in [4.78, 5) is 25.9. The number of nitrogens with zero attached hydrogens (tertiary/aromatic N) is 1. The number of carbonyl (C=O) groups is 2. The van der Waals surface area contributed by atoms with Crippen molar-refractivity contribution in [3.05, 3.63) is 0 Å². The van der Waals surface area contributed by atoms with Crippen molar-refractivity contribution in [1.82, 2.24) is 10.2 Å². The van der Waals surface area contributed by atoms with Crippen molar-refractivity contribution in [2.24, 2.45) is 11.8 Å². The third kappa shape index (κ3) is 4.47. The lowest BCUT2D eigenvalue weighted by Gasteiger charge is -2.39. The quantitative estimate of drug-likeness (QED) is 0.719. The second kappa shape index (κ2) is 7.62. The summed E-state index contributed by atoms with van der Waals surface area (Å²) in [6.07, 6.45) is 1.01. The van der Waals surface area contributed by atoms with Gasteiger partial charge in [-0.2, -0.15) is 0 Å². The Hall–Kier alpha value is -1.10. The van der Waals surface area contributed by atoms with Crippen molar-refractivity contribution in [2.45, 2.75) is 53.1 Å². The summed E-state index contributed by atoms with van der Waals surface area (Å²) in [6.45, 7) is 11.6. The number of rotatable bonds is 7. The van der Waals surface area contributed by atoms with Crippen LogP contribution in [0.5, 0.6) is 0 Å². The fourth-order valence-electron chi connectivity index (χ4n) is 2.38. The average molecular weight is 284 g/mol. The number of carbonyl (C=O) groups excluding carboxylic acids is 2. The Kier molecular flexibility index (Phi) is 6.46. The maximum atomic E-state index is 12.2. The highest BCUT2D eigenvalue weighted by molar-refractivity contribution is 5.96. The molecule has 0 aromatic heterocycles. The lowest BCUT2D eigenvalue weighted by molar-refractivity contribution is -0.151. The summed E-state index contributed by atoms with van der Waals surface area (Å²) in [5.41, 5.74) is 0. The fraction of sp³-hybridized carbons (Fsp3) is 0.867. The van der Waals surface area contributed by atoms with Gasteiger partial charge in [0.25, 0.3) is 0 Å². The van der Waals surface area contributed by atoms with E-state index in [1.807, 2.05) is 13.8 Å². The predicted molar refractivity (Wildman–Crippen MR) is 78.2 cm³/mol. The van der Waals surface area contributed by atoms with E-state index < -0.39 is 6.04 Å². The molecule has 0 aromatic carbocycles. The van der Waals surface area contributed by atoms with Crippen LogP contribution in [0.4, 0.5) is 0 Å². The number of nitrogens with one attached hydrogen (secondary N) is 1. The van der Waals surface area contributed by atoms with Gasteiger partial charge in [-0.25, -0.2) is 0 Å². The van der Waals surface area contributed by atoms with Gasteiger partial charge < -0.3 is 15.0 Å². The van der Waals surface area contributed by atoms with E-state index in [2.05, 4.69) is 19.2 Å². The lowest BCUT2D eigenvalue weighted by atomic mass is 9.97. The van der Waals surface area contributed by atoms with Gasteiger partial charge in [-0.15, -0.1) is 0 Å². The predicted octanol–water partition coefficient (Wildman–Crippen LogP) is 1.42. The fourth-order valence-corrected chi connectivity index (χ4v) is 2.38. The normalized spacial score (nSPS) is 23.6. The molecule has 1 aliphatic rings. The zero-order valence-electron chi connectivity index (χ0n) is 13.3. The number of amides is 2. The summed E-state index contributed by atoms with van der Waals surface area (Å²) >= 11 is 0. The second-order valence-corrected chi connectivity index (χ2v) is 6.25. The Bertz CT molecular complexity index is 342. The molecule has 0 bridgehead atoms. The van der Waals surface area contributed by atoms with Crippen LogP contribution in [0, 0.1) is 11.8 Å². The van der Waals surface area contributed by atoms with Crippen LogP contribution in [0.1, 0.15) is 41.0 Å². The van der Waals surface area contributed by atoms with E-state index in [0.717, 1.165) is 6.42 Å². The van der Waals surface area contributed by atoms with Gasteiger partial charge in [0.15, 0.2) is 0 Å². The summed E-state index contributed by atoms with van der Waals surface area (Å²) in [5.74, 6) is 0.632. The molecule has 0 saturated carbocycles. The molecule has 20 heavy (non-hydrogen) atoms. The van der Waals surface area contributed by atoms with Gasteiger partial charge in [0.2, 0.25) is 11.8 Å². The minimum Gasteiger partial charge on any atom is -0.380 e. The third-order valence-corrected chi connectivity index (χ3v) is 3.56. The van der Waals surface area contributed by atoms with Crippen molar-refractivity contribution in [1.29, 1.82) is 0 Å². The van der Waals surface area contributed by atoms with E-state index in [9.17, 15) is 9.59 Å². The minimum absolute atomic E-state index is 0.0178. The third-order valence-electron chi connectivity index (χ3n) is 3.56. The summed E-state index contributed by atoms with van der Waals surface area (Å²) in [6, 6.07) is -0.819. The first-order valence-electron chi connectivity index (χ1n) is 7.53. The van der Waals surface area contributed by atoms with E-state index in [0.29, 0.717) is 25.7 Å². The van der Waals surface area contributed by atoms with Crippen LogP contribution in [0.15, 0.2) is 0 Å². The minimum atomic E-state index is -0.437. The molecule has 5 heteroatoms. The number of ether oxygens (including phenoxy) is 1. The van der Waals surface area contributed by atoms with Crippen molar-refractivity contribution < 1.29 is 14.3 Å². The van der Waals surface area contributed by atoms with Gasteiger partial charge in [-0.3, -0.25) is 9.59 Å². The number of hydrogen-bond donors (Lipinski definition) is 1. The Labute approximate surface area is 122 Å². The van der Waals surface area contributed by atoms with Crippen LogP contribution in [0.2, 0.25) is 0 Å². The Morgan fingerprint density at radius 1 is 1.20 bits per heavy atom. The first kappa shape index (κ1) is 17.0. The zero-order chi connectivity index (χ0) is 15.3. The Morgan fingerprint density at radius 2 is 1.85 bits per heavy atom. The van der Waals surface area contributed by atoms with E-state index in [4.69, 9.17) is 4.74 Å². The molecule has 1 heterocycles. The largest absolute Gasteiger partial charge is 0.380 e. The first-order valence-corrected chi connectivity index (χ1v) is 7.53. The Balaban J connectivity index is 2.53. The zero-order valence-corrected chi connectivity index (χ0v) is 13.3. The van der Waals surface area contributed by atoms with Gasteiger partial charge in [-0.1, -0.05) is 27.7 Å². The molecule has 2 atom stereocenters. The van der Waals surface area contributed by atoms with Crippen molar-refractivity contribution in [3.63, 3.8) is 0 Å². The van der Waals surface area contributed by atoms with Crippen LogP contribution in [-0.4, -0.2) is 48.6 Å². The van der Waals surface area contributed by atoms with Gasteiger partial charge >= 0.3 is 0 Å². The van der Waals surface area contributed by atoms with E-state index in [1.54, 1.807) is 11.8 Å². The highest BCUT2D eigenvalue weighted by Crippen LogP contribution is 2.17. The molecule has 0 aromatic rings. The van der Waals surface area contributed by atoms with Gasteiger partial charge in [0.05, 0.1) is 6.61 Å².